The Kier molecular flexibility index (Phi) is 34.6. The molecular weight excluding hydrogens is 143 g/mol. The standard InChI is InChI=1S/C4H7FN2.2C2H6/c1-4(5)2-3-7-6;2*1-2/h2-3H,6H2,1H3;2*1-2H3/b4-2+,7-3-;;. The Bertz CT molecular complexity index is 94.3. The fourth-order valence-corrected chi connectivity index (χ4v) is 0.146. The molecule has 2 N–H and O–H groups in total. The average molecular weight is 162 g/mol. The van der Waals surface area contributed by atoms with Crippen molar-refractivity contribution < 1.29 is 4.39 Å². The van der Waals surface area contributed by atoms with Gasteiger partial charge < -0.3 is 5.84 Å². The van der Waals surface area contributed by atoms with E-state index in [1.165, 1.54) is 19.2 Å². The summed E-state index contributed by atoms with van der Waals surface area (Å²) < 4.78 is 11.6. The van der Waals surface area contributed by atoms with Crippen LogP contribution in [0.2, 0.25) is 0 Å². The molecule has 0 spiro atoms. The molecule has 3 heteroatoms. The predicted molar refractivity (Wildman–Crippen MR) is 50.2 cm³/mol. The van der Waals surface area contributed by atoms with E-state index in [-0.39, 0.29) is 5.83 Å². The van der Waals surface area contributed by atoms with Crippen molar-refractivity contribution in [3.63, 3.8) is 0 Å². The summed E-state index contributed by atoms with van der Waals surface area (Å²) in [6, 6.07) is 0. The molecule has 0 bridgehead atoms. The molecule has 0 unspecified atom stereocenters. The van der Waals surface area contributed by atoms with E-state index < -0.39 is 0 Å². The molecule has 0 rings (SSSR count). The van der Waals surface area contributed by atoms with E-state index in [2.05, 4.69) is 10.9 Å². The van der Waals surface area contributed by atoms with E-state index >= 15 is 0 Å². The summed E-state index contributed by atoms with van der Waals surface area (Å²) in [5.74, 6) is 4.34. The Morgan fingerprint density at radius 1 is 1.27 bits per heavy atom. The third-order valence-corrected chi connectivity index (χ3v) is 0.390. The van der Waals surface area contributed by atoms with Crippen LogP contribution in [0.4, 0.5) is 4.39 Å². The van der Waals surface area contributed by atoms with Gasteiger partial charge in [-0.3, -0.25) is 0 Å². The molecule has 0 amide bonds. The van der Waals surface area contributed by atoms with Crippen molar-refractivity contribution in [2.45, 2.75) is 34.6 Å². The topological polar surface area (TPSA) is 38.4 Å². The van der Waals surface area contributed by atoms with E-state index in [0.717, 1.165) is 0 Å². The van der Waals surface area contributed by atoms with Crippen molar-refractivity contribution in [2.24, 2.45) is 10.9 Å². The first-order chi connectivity index (χ1) is 5.27. The van der Waals surface area contributed by atoms with Gasteiger partial charge in [0.25, 0.3) is 0 Å². The zero-order chi connectivity index (χ0) is 9.70. The van der Waals surface area contributed by atoms with Gasteiger partial charge in [0.2, 0.25) is 0 Å². The molecule has 0 saturated carbocycles. The second-order valence-electron chi connectivity index (χ2n) is 1.05. The average Bonchev–Trinajstić information content (AvgIpc) is 2.08. The monoisotopic (exact) mass is 162 g/mol. The van der Waals surface area contributed by atoms with Gasteiger partial charge in [0.05, 0.1) is 5.83 Å². The van der Waals surface area contributed by atoms with Gasteiger partial charge in [0.1, 0.15) is 0 Å². The normalized spacial score (nSPS) is 9.45. The van der Waals surface area contributed by atoms with Crippen LogP contribution < -0.4 is 5.84 Å². The number of hydrazone groups is 1. The summed E-state index contributed by atoms with van der Waals surface area (Å²) in [6.07, 6.45) is 2.37. The summed E-state index contributed by atoms with van der Waals surface area (Å²) >= 11 is 0. The molecule has 0 aliphatic rings. The van der Waals surface area contributed by atoms with Gasteiger partial charge in [-0.1, -0.05) is 27.7 Å². The van der Waals surface area contributed by atoms with Crippen molar-refractivity contribution >= 4 is 6.21 Å². The number of halogens is 1. The number of rotatable bonds is 1. The van der Waals surface area contributed by atoms with E-state index in [0.29, 0.717) is 0 Å². The molecule has 68 valence electrons. The Morgan fingerprint density at radius 2 is 1.64 bits per heavy atom. The van der Waals surface area contributed by atoms with Crippen LogP contribution >= 0.6 is 0 Å². The second kappa shape index (κ2) is 22.9. The zero-order valence-corrected chi connectivity index (χ0v) is 8.06. The van der Waals surface area contributed by atoms with E-state index in [1.807, 2.05) is 27.7 Å². The molecule has 0 radical (unpaired) electrons. The number of allylic oxidation sites excluding steroid dienone is 2. The molecule has 2 nitrogen and oxygen atoms in total. The van der Waals surface area contributed by atoms with Crippen LogP contribution in [-0.4, -0.2) is 6.21 Å². The minimum atomic E-state index is -0.297. The summed E-state index contributed by atoms with van der Waals surface area (Å²) in [5, 5.41) is 3.03. The Balaban J connectivity index is -0.000000138. The highest BCUT2D eigenvalue weighted by Gasteiger charge is 1.72. The smallest absolute Gasteiger partial charge is 0.0984 e. The van der Waals surface area contributed by atoms with Gasteiger partial charge in [-0.15, -0.1) is 0 Å². The molecule has 0 heterocycles. The highest BCUT2D eigenvalue weighted by atomic mass is 19.1. The molecule has 0 aromatic carbocycles. The number of nitrogens with zero attached hydrogens (tertiary/aromatic N) is 1. The molecule has 0 saturated heterocycles. The molecular formula is C8H19FN2. The van der Waals surface area contributed by atoms with Crippen molar-refractivity contribution in [2.75, 3.05) is 0 Å². The maximum Gasteiger partial charge on any atom is 0.0984 e. The first kappa shape index (κ1) is 16.6. The second-order valence-corrected chi connectivity index (χ2v) is 1.05. The lowest BCUT2D eigenvalue weighted by Gasteiger charge is -1.73. The maximum absolute atomic E-state index is 11.6. The van der Waals surface area contributed by atoms with Crippen molar-refractivity contribution in [1.82, 2.24) is 0 Å². The number of hydrogen-bond donors (Lipinski definition) is 1. The molecule has 0 aliphatic carbocycles. The molecule has 11 heavy (non-hydrogen) atoms. The number of nitrogens with two attached hydrogens (primary N) is 1. The Labute approximate surface area is 69.0 Å². The molecule has 0 aromatic heterocycles. The first-order valence-electron chi connectivity index (χ1n) is 3.83. The van der Waals surface area contributed by atoms with Crippen molar-refractivity contribution in [1.29, 1.82) is 0 Å². The molecule has 0 atom stereocenters. The van der Waals surface area contributed by atoms with Crippen molar-refractivity contribution in [3.8, 4) is 0 Å². The van der Waals surface area contributed by atoms with Crippen LogP contribution in [0.25, 0.3) is 0 Å². The van der Waals surface area contributed by atoms with Crippen LogP contribution in [0, 0.1) is 0 Å². The van der Waals surface area contributed by atoms with Gasteiger partial charge in [-0.2, -0.15) is 5.10 Å². The third-order valence-electron chi connectivity index (χ3n) is 0.390. The Morgan fingerprint density at radius 3 is 1.73 bits per heavy atom. The van der Waals surface area contributed by atoms with Gasteiger partial charge in [0, 0.05) is 6.21 Å². The van der Waals surface area contributed by atoms with Crippen LogP contribution in [0.3, 0.4) is 0 Å². The minimum absolute atomic E-state index is 0.297. The quantitative estimate of drug-likeness (QED) is 0.359. The summed E-state index contributed by atoms with van der Waals surface area (Å²) in [6.45, 7) is 9.32. The first-order valence-corrected chi connectivity index (χ1v) is 3.83. The van der Waals surface area contributed by atoms with Crippen LogP contribution in [-0.2, 0) is 0 Å². The van der Waals surface area contributed by atoms with Gasteiger partial charge >= 0.3 is 0 Å². The summed E-state index contributed by atoms with van der Waals surface area (Å²) in [7, 11) is 0. The SMILES string of the molecule is C/C(F)=C\C=N/N.CC.CC. The molecule has 0 fully saturated rings. The lowest BCUT2D eigenvalue weighted by molar-refractivity contribution is 0.642. The zero-order valence-electron chi connectivity index (χ0n) is 8.06. The largest absolute Gasteiger partial charge is 0.323 e. The molecule has 0 aromatic rings. The highest BCUT2D eigenvalue weighted by molar-refractivity contribution is 5.70. The minimum Gasteiger partial charge on any atom is -0.323 e. The number of hydrogen-bond acceptors (Lipinski definition) is 2. The van der Waals surface area contributed by atoms with Gasteiger partial charge in [0.15, 0.2) is 0 Å². The van der Waals surface area contributed by atoms with Crippen LogP contribution in [0.5, 0.6) is 0 Å². The summed E-state index contributed by atoms with van der Waals surface area (Å²) in [5.41, 5.74) is 0. The third kappa shape index (κ3) is 47.3. The Hall–Kier alpha value is -0.860. The highest BCUT2D eigenvalue weighted by Crippen LogP contribution is 1.87. The lowest BCUT2D eigenvalue weighted by Crippen LogP contribution is -1.77. The van der Waals surface area contributed by atoms with Crippen LogP contribution in [0.1, 0.15) is 34.6 Å². The predicted octanol–water partition coefficient (Wildman–Crippen LogP) is 2.86. The molecule has 0 aliphatic heterocycles. The van der Waals surface area contributed by atoms with Crippen molar-refractivity contribution in [3.05, 3.63) is 11.9 Å². The van der Waals surface area contributed by atoms with E-state index in [1.54, 1.807) is 0 Å². The van der Waals surface area contributed by atoms with Gasteiger partial charge in [-0.25, -0.2) is 4.39 Å². The van der Waals surface area contributed by atoms with Crippen LogP contribution in [0.15, 0.2) is 17.0 Å². The fraction of sp³-hybridized carbons (Fsp3) is 0.625. The maximum atomic E-state index is 11.6. The van der Waals surface area contributed by atoms with E-state index in [4.69, 9.17) is 0 Å². The summed E-state index contributed by atoms with van der Waals surface area (Å²) in [4.78, 5) is 0. The van der Waals surface area contributed by atoms with E-state index in [9.17, 15) is 4.39 Å². The lowest BCUT2D eigenvalue weighted by atomic mass is 10.5. The van der Waals surface area contributed by atoms with Gasteiger partial charge in [-0.05, 0) is 13.0 Å². The fourth-order valence-electron chi connectivity index (χ4n) is 0.146.